The highest BCUT2D eigenvalue weighted by Crippen LogP contribution is 2.27. The SMILES string of the molecule is CCC(CC)(CCl)CNCCOc1ccccc1OC. The number of alkyl halides is 1. The zero-order chi connectivity index (χ0) is 14.8. The molecule has 0 atom stereocenters. The van der Waals surface area contributed by atoms with Crippen LogP contribution in [0.5, 0.6) is 11.5 Å². The van der Waals surface area contributed by atoms with E-state index in [4.69, 9.17) is 21.1 Å². The first-order chi connectivity index (χ1) is 9.71. The van der Waals surface area contributed by atoms with E-state index in [1.54, 1.807) is 7.11 Å². The fourth-order valence-corrected chi connectivity index (χ4v) is 2.53. The highest BCUT2D eigenvalue weighted by Gasteiger charge is 2.24. The first-order valence-corrected chi connectivity index (χ1v) is 7.77. The van der Waals surface area contributed by atoms with Gasteiger partial charge in [0.05, 0.1) is 7.11 Å². The quantitative estimate of drug-likeness (QED) is 0.528. The smallest absolute Gasteiger partial charge is 0.161 e. The summed E-state index contributed by atoms with van der Waals surface area (Å²) in [6, 6.07) is 7.69. The van der Waals surface area contributed by atoms with Crippen molar-refractivity contribution in [3.05, 3.63) is 24.3 Å². The van der Waals surface area contributed by atoms with E-state index in [2.05, 4.69) is 19.2 Å². The molecule has 1 aromatic rings. The normalized spacial score (nSPS) is 11.4. The van der Waals surface area contributed by atoms with E-state index >= 15 is 0 Å². The van der Waals surface area contributed by atoms with E-state index in [9.17, 15) is 0 Å². The Hall–Kier alpha value is -0.930. The number of para-hydroxylation sites is 2. The second kappa shape index (κ2) is 9.09. The Balaban J connectivity index is 2.31. The lowest BCUT2D eigenvalue weighted by Gasteiger charge is -2.29. The number of ether oxygens (including phenoxy) is 2. The van der Waals surface area contributed by atoms with Crippen molar-refractivity contribution in [2.24, 2.45) is 5.41 Å². The number of rotatable bonds is 10. The Morgan fingerprint density at radius 2 is 1.80 bits per heavy atom. The van der Waals surface area contributed by atoms with Gasteiger partial charge >= 0.3 is 0 Å². The monoisotopic (exact) mass is 299 g/mol. The summed E-state index contributed by atoms with van der Waals surface area (Å²) < 4.78 is 11.0. The lowest BCUT2D eigenvalue weighted by atomic mass is 9.84. The molecule has 0 aliphatic carbocycles. The highest BCUT2D eigenvalue weighted by atomic mass is 35.5. The Bertz CT molecular complexity index is 372. The van der Waals surface area contributed by atoms with Gasteiger partial charge in [0.15, 0.2) is 11.5 Å². The van der Waals surface area contributed by atoms with Crippen LogP contribution in [0.1, 0.15) is 26.7 Å². The third-order valence-corrected chi connectivity index (χ3v) is 4.46. The number of benzene rings is 1. The van der Waals surface area contributed by atoms with Gasteiger partial charge in [-0.15, -0.1) is 11.6 Å². The number of hydrogen-bond acceptors (Lipinski definition) is 3. The maximum atomic E-state index is 6.09. The zero-order valence-corrected chi connectivity index (χ0v) is 13.5. The number of halogens is 1. The van der Waals surface area contributed by atoms with Gasteiger partial charge in [-0.2, -0.15) is 0 Å². The fourth-order valence-electron chi connectivity index (χ4n) is 2.06. The molecule has 0 heterocycles. The second-order valence-electron chi connectivity index (χ2n) is 5.02. The largest absolute Gasteiger partial charge is 0.493 e. The minimum absolute atomic E-state index is 0.200. The maximum Gasteiger partial charge on any atom is 0.161 e. The zero-order valence-electron chi connectivity index (χ0n) is 12.7. The molecule has 0 radical (unpaired) electrons. The summed E-state index contributed by atoms with van der Waals surface area (Å²) >= 11 is 6.09. The first-order valence-electron chi connectivity index (χ1n) is 7.24. The van der Waals surface area contributed by atoms with E-state index in [0.717, 1.165) is 37.4 Å². The number of nitrogens with one attached hydrogen (secondary N) is 1. The maximum absolute atomic E-state index is 6.09. The lowest BCUT2D eigenvalue weighted by Crippen LogP contribution is -2.36. The molecule has 0 aromatic heterocycles. The number of methoxy groups -OCH3 is 1. The summed E-state index contributed by atoms with van der Waals surface area (Å²) in [5.41, 5.74) is 0.200. The van der Waals surface area contributed by atoms with Gasteiger partial charge in [-0.3, -0.25) is 0 Å². The molecule has 1 rings (SSSR count). The molecule has 0 saturated heterocycles. The Morgan fingerprint density at radius 1 is 1.15 bits per heavy atom. The highest BCUT2D eigenvalue weighted by molar-refractivity contribution is 6.18. The molecule has 114 valence electrons. The Morgan fingerprint density at radius 3 is 2.35 bits per heavy atom. The van der Waals surface area contributed by atoms with Gasteiger partial charge in [0.25, 0.3) is 0 Å². The van der Waals surface area contributed by atoms with E-state index in [1.165, 1.54) is 0 Å². The summed E-state index contributed by atoms with van der Waals surface area (Å²) in [4.78, 5) is 0. The number of hydrogen-bond donors (Lipinski definition) is 1. The van der Waals surface area contributed by atoms with Crippen LogP contribution in [0.2, 0.25) is 0 Å². The van der Waals surface area contributed by atoms with Crippen LogP contribution in [0.4, 0.5) is 0 Å². The van der Waals surface area contributed by atoms with Crippen molar-refractivity contribution in [2.45, 2.75) is 26.7 Å². The molecule has 0 aliphatic rings. The van der Waals surface area contributed by atoms with Crippen molar-refractivity contribution in [3.8, 4) is 11.5 Å². The molecule has 20 heavy (non-hydrogen) atoms. The van der Waals surface area contributed by atoms with Gasteiger partial charge in [-0.25, -0.2) is 0 Å². The molecule has 3 nitrogen and oxygen atoms in total. The molecule has 0 bridgehead atoms. The second-order valence-corrected chi connectivity index (χ2v) is 5.28. The molecule has 1 aromatic carbocycles. The molecule has 4 heteroatoms. The topological polar surface area (TPSA) is 30.5 Å². The van der Waals surface area contributed by atoms with Gasteiger partial charge in [0.2, 0.25) is 0 Å². The third-order valence-electron chi connectivity index (χ3n) is 3.89. The predicted octanol–water partition coefficient (Wildman–Crippen LogP) is 3.71. The van der Waals surface area contributed by atoms with Gasteiger partial charge in [0, 0.05) is 19.0 Å². The third kappa shape index (κ3) is 4.88. The summed E-state index contributed by atoms with van der Waals surface area (Å²) in [6.07, 6.45) is 2.18. The minimum atomic E-state index is 0.200. The van der Waals surface area contributed by atoms with Crippen LogP contribution in [-0.2, 0) is 0 Å². The van der Waals surface area contributed by atoms with Crippen molar-refractivity contribution >= 4 is 11.6 Å². The predicted molar refractivity (Wildman–Crippen MR) is 85.1 cm³/mol. The van der Waals surface area contributed by atoms with E-state index in [-0.39, 0.29) is 5.41 Å². The van der Waals surface area contributed by atoms with Crippen molar-refractivity contribution in [1.82, 2.24) is 5.32 Å². The van der Waals surface area contributed by atoms with Crippen LogP contribution in [0, 0.1) is 5.41 Å². The molecule has 0 amide bonds. The first kappa shape index (κ1) is 17.1. The Labute approximate surface area is 127 Å². The van der Waals surface area contributed by atoms with E-state index < -0.39 is 0 Å². The summed E-state index contributed by atoms with van der Waals surface area (Å²) in [5, 5.41) is 3.44. The average molecular weight is 300 g/mol. The average Bonchev–Trinajstić information content (AvgIpc) is 2.52. The van der Waals surface area contributed by atoms with Gasteiger partial charge in [0.1, 0.15) is 6.61 Å². The standard InChI is InChI=1S/C16H26ClNO2/c1-4-16(5-2,12-17)13-18-10-11-20-15-9-7-6-8-14(15)19-3/h6-9,18H,4-5,10-13H2,1-3H3. The summed E-state index contributed by atoms with van der Waals surface area (Å²) in [6.45, 7) is 6.74. The van der Waals surface area contributed by atoms with E-state index in [1.807, 2.05) is 24.3 Å². The van der Waals surface area contributed by atoms with E-state index in [0.29, 0.717) is 12.5 Å². The van der Waals surface area contributed by atoms with Crippen LogP contribution in [0.3, 0.4) is 0 Å². The van der Waals surface area contributed by atoms with Gasteiger partial charge in [-0.05, 0) is 30.4 Å². The van der Waals surface area contributed by atoms with Crippen molar-refractivity contribution < 1.29 is 9.47 Å². The van der Waals surface area contributed by atoms with Crippen molar-refractivity contribution in [3.63, 3.8) is 0 Å². The summed E-state index contributed by atoms with van der Waals surface area (Å²) in [5.74, 6) is 2.25. The molecule has 0 fully saturated rings. The lowest BCUT2D eigenvalue weighted by molar-refractivity contribution is 0.258. The van der Waals surface area contributed by atoms with Gasteiger partial charge in [-0.1, -0.05) is 26.0 Å². The van der Waals surface area contributed by atoms with Crippen LogP contribution in [-0.4, -0.2) is 32.7 Å². The molecular formula is C16H26ClNO2. The fraction of sp³-hybridized carbons (Fsp3) is 0.625. The van der Waals surface area contributed by atoms with Crippen LogP contribution >= 0.6 is 11.6 Å². The molecule has 0 saturated carbocycles. The Kier molecular flexibility index (Phi) is 7.78. The minimum Gasteiger partial charge on any atom is -0.493 e. The van der Waals surface area contributed by atoms with Crippen LogP contribution in [0.25, 0.3) is 0 Å². The molecule has 1 N–H and O–H groups in total. The molecule has 0 aliphatic heterocycles. The van der Waals surface area contributed by atoms with Crippen molar-refractivity contribution in [1.29, 1.82) is 0 Å². The van der Waals surface area contributed by atoms with Crippen molar-refractivity contribution in [2.75, 3.05) is 32.7 Å². The van der Waals surface area contributed by atoms with Crippen LogP contribution in [0.15, 0.2) is 24.3 Å². The van der Waals surface area contributed by atoms with Crippen LogP contribution < -0.4 is 14.8 Å². The summed E-state index contributed by atoms with van der Waals surface area (Å²) in [7, 11) is 1.65. The molecule has 0 unspecified atom stereocenters. The molecular weight excluding hydrogens is 274 g/mol. The molecule has 0 spiro atoms. The van der Waals surface area contributed by atoms with Gasteiger partial charge < -0.3 is 14.8 Å².